The number of rotatable bonds is 7. The zero-order chi connectivity index (χ0) is 15.9. The molecule has 1 aliphatic rings. The van der Waals surface area contributed by atoms with Gasteiger partial charge in [-0.05, 0) is 37.1 Å². The number of ether oxygens (including phenoxy) is 1. The maximum atomic E-state index is 12.3. The molecule has 5 nitrogen and oxygen atoms in total. The summed E-state index contributed by atoms with van der Waals surface area (Å²) in [5, 5.41) is 2.84. The molecule has 1 rings (SSSR count). The van der Waals surface area contributed by atoms with Gasteiger partial charge < -0.3 is 15.8 Å². The summed E-state index contributed by atoms with van der Waals surface area (Å²) in [5.41, 5.74) is 5.83. The van der Waals surface area contributed by atoms with Crippen LogP contribution in [-0.2, 0) is 14.3 Å². The smallest absolute Gasteiger partial charge is 0.328 e. The molecular weight excluding hydrogens is 268 g/mol. The van der Waals surface area contributed by atoms with Crippen molar-refractivity contribution in [3.8, 4) is 0 Å². The summed E-state index contributed by atoms with van der Waals surface area (Å²) in [7, 11) is 1.35. The van der Waals surface area contributed by atoms with Gasteiger partial charge in [-0.15, -0.1) is 0 Å². The number of methoxy groups -OCH3 is 1. The van der Waals surface area contributed by atoms with Crippen LogP contribution < -0.4 is 11.1 Å². The van der Waals surface area contributed by atoms with Gasteiger partial charge in [-0.2, -0.15) is 0 Å². The second-order valence-electron chi connectivity index (χ2n) is 6.71. The van der Waals surface area contributed by atoms with Crippen LogP contribution in [0.4, 0.5) is 0 Å². The fraction of sp³-hybridized carbons (Fsp3) is 0.875. The molecule has 5 heteroatoms. The van der Waals surface area contributed by atoms with Gasteiger partial charge in [0, 0.05) is 6.42 Å². The van der Waals surface area contributed by atoms with E-state index < -0.39 is 6.04 Å². The van der Waals surface area contributed by atoms with Crippen LogP contribution in [0.3, 0.4) is 0 Å². The molecule has 21 heavy (non-hydrogen) atoms. The van der Waals surface area contributed by atoms with Crippen molar-refractivity contribution in [2.24, 2.45) is 17.1 Å². The predicted molar refractivity (Wildman–Crippen MR) is 82.6 cm³/mol. The molecule has 0 radical (unpaired) electrons. The van der Waals surface area contributed by atoms with Gasteiger partial charge in [-0.25, -0.2) is 4.79 Å². The Morgan fingerprint density at radius 3 is 2.33 bits per heavy atom. The molecule has 0 aromatic rings. The molecule has 0 spiro atoms. The molecule has 1 amide bonds. The van der Waals surface area contributed by atoms with E-state index in [1.807, 2.05) is 13.8 Å². The summed E-state index contributed by atoms with van der Waals surface area (Å²) < 4.78 is 4.78. The second-order valence-corrected chi connectivity index (χ2v) is 6.71. The Morgan fingerprint density at radius 1 is 1.24 bits per heavy atom. The van der Waals surface area contributed by atoms with Crippen LogP contribution in [0.25, 0.3) is 0 Å². The Balaban J connectivity index is 2.61. The maximum Gasteiger partial charge on any atom is 0.328 e. The molecule has 1 fully saturated rings. The number of carbonyl (C=O) groups is 2. The lowest BCUT2D eigenvalue weighted by atomic mass is 9.71. The number of esters is 1. The number of nitrogens with two attached hydrogens (primary N) is 1. The van der Waals surface area contributed by atoms with Crippen LogP contribution in [0.1, 0.15) is 58.8 Å². The van der Waals surface area contributed by atoms with Gasteiger partial charge in [-0.1, -0.05) is 33.1 Å². The van der Waals surface area contributed by atoms with E-state index in [1.165, 1.54) is 13.5 Å². The van der Waals surface area contributed by atoms with E-state index in [9.17, 15) is 9.59 Å². The van der Waals surface area contributed by atoms with Gasteiger partial charge in [-0.3, -0.25) is 4.79 Å². The minimum Gasteiger partial charge on any atom is -0.467 e. The molecule has 122 valence electrons. The van der Waals surface area contributed by atoms with E-state index in [4.69, 9.17) is 10.5 Å². The summed E-state index contributed by atoms with van der Waals surface area (Å²) in [6, 6.07) is -0.555. The first kappa shape index (κ1) is 18.0. The van der Waals surface area contributed by atoms with Crippen LogP contribution in [0.5, 0.6) is 0 Å². The molecule has 0 unspecified atom stereocenters. The molecule has 0 heterocycles. The number of hydrogen-bond donors (Lipinski definition) is 2. The minimum absolute atomic E-state index is 0.0825. The zero-order valence-corrected chi connectivity index (χ0v) is 13.6. The topological polar surface area (TPSA) is 81.4 Å². The number of nitrogens with one attached hydrogen (secondary N) is 1. The molecule has 0 aliphatic heterocycles. The fourth-order valence-electron chi connectivity index (χ4n) is 3.17. The molecule has 0 aromatic carbocycles. The van der Waals surface area contributed by atoms with Gasteiger partial charge in [0.15, 0.2) is 0 Å². The Bertz CT molecular complexity index is 349. The first-order valence-electron chi connectivity index (χ1n) is 8.00. The van der Waals surface area contributed by atoms with Gasteiger partial charge in [0.05, 0.1) is 7.11 Å². The monoisotopic (exact) mass is 298 g/mol. The summed E-state index contributed by atoms with van der Waals surface area (Å²) in [5.74, 6) is -0.145. The molecule has 0 saturated heterocycles. The molecule has 0 aromatic heterocycles. The maximum absolute atomic E-state index is 12.3. The molecular formula is C16H30N2O3. The second kappa shape index (κ2) is 8.37. The van der Waals surface area contributed by atoms with Crippen LogP contribution in [0.2, 0.25) is 0 Å². The van der Waals surface area contributed by atoms with Crippen molar-refractivity contribution in [2.75, 3.05) is 13.7 Å². The van der Waals surface area contributed by atoms with E-state index in [1.54, 1.807) is 0 Å². The normalized spacial score (nSPS) is 19.1. The first-order valence-corrected chi connectivity index (χ1v) is 8.00. The molecule has 1 atom stereocenters. The Hall–Kier alpha value is -1.10. The van der Waals surface area contributed by atoms with Crippen molar-refractivity contribution in [2.45, 2.75) is 64.8 Å². The highest BCUT2D eigenvalue weighted by molar-refractivity contribution is 5.84. The number of carbonyl (C=O) groups excluding carboxylic acids is 2. The molecule has 0 bridgehead atoms. The summed E-state index contributed by atoms with van der Waals surface area (Å²) in [4.78, 5) is 24.1. The fourth-order valence-corrected chi connectivity index (χ4v) is 3.17. The van der Waals surface area contributed by atoms with Crippen molar-refractivity contribution in [3.63, 3.8) is 0 Å². The van der Waals surface area contributed by atoms with E-state index in [0.717, 1.165) is 25.7 Å². The lowest BCUT2D eigenvalue weighted by Gasteiger charge is -2.36. The van der Waals surface area contributed by atoms with Gasteiger partial charge in [0.1, 0.15) is 6.04 Å². The lowest BCUT2D eigenvalue weighted by Crippen LogP contribution is -2.45. The van der Waals surface area contributed by atoms with E-state index in [0.29, 0.717) is 25.3 Å². The minimum atomic E-state index is -0.555. The lowest BCUT2D eigenvalue weighted by molar-refractivity contribution is -0.145. The predicted octanol–water partition coefficient (Wildman–Crippen LogP) is 1.99. The highest BCUT2D eigenvalue weighted by Crippen LogP contribution is 2.38. The van der Waals surface area contributed by atoms with E-state index in [-0.39, 0.29) is 17.3 Å². The van der Waals surface area contributed by atoms with Crippen LogP contribution in [0.15, 0.2) is 0 Å². The highest BCUT2D eigenvalue weighted by Gasteiger charge is 2.34. The zero-order valence-electron chi connectivity index (χ0n) is 13.6. The largest absolute Gasteiger partial charge is 0.467 e. The van der Waals surface area contributed by atoms with Gasteiger partial charge in [0.25, 0.3) is 0 Å². The van der Waals surface area contributed by atoms with Crippen molar-refractivity contribution in [1.29, 1.82) is 0 Å². The third kappa shape index (κ3) is 5.65. The SMILES string of the molecule is COC(=O)[C@H](CC(C)C)NC(=O)CC1(CN)CCCCC1. The summed E-state index contributed by atoms with van der Waals surface area (Å²) in [6.07, 6.45) is 6.51. The summed E-state index contributed by atoms with van der Waals surface area (Å²) >= 11 is 0. The first-order chi connectivity index (χ1) is 9.92. The Labute approximate surface area is 128 Å². The van der Waals surface area contributed by atoms with Crippen molar-refractivity contribution in [3.05, 3.63) is 0 Å². The Morgan fingerprint density at radius 2 is 1.86 bits per heavy atom. The van der Waals surface area contributed by atoms with Crippen molar-refractivity contribution in [1.82, 2.24) is 5.32 Å². The molecule has 1 aliphatic carbocycles. The van der Waals surface area contributed by atoms with Gasteiger partial charge >= 0.3 is 5.97 Å². The van der Waals surface area contributed by atoms with Crippen LogP contribution in [-0.4, -0.2) is 31.6 Å². The third-order valence-corrected chi connectivity index (χ3v) is 4.41. The number of hydrogen-bond acceptors (Lipinski definition) is 4. The van der Waals surface area contributed by atoms with Crippen LogP contribution >= 0.6 is 0 Å². The van der Waals surface area contributed by atoms with Crippen molar-refractivity contribution < 1.29 is 14.3 Å². The average Bonchev–Trinajstić information content (AvgIpc) is 2.46. The third-order valence-electron chi connectivity index (χ3n) is 4.41. The standard InChI is InChI=1S/C16H30N2O3/c1-12(2)9-13(15(20)21-3)18-14(19)10-16(11-17)7-5-4-6-8-16/h12-13H,4-11,17H2,1-3H3,(H,18,19)/t13-/m0/s1. The van der Waals surface area contributed by atoms with Crippen LogP contribution in [0, 0.1) is 11.3 Å². The number of amides is 1. The Kier molecular flexibility index (Phi) is 7.15. The van der Waals surface area contributed by atoms with E-state index >= 15 is 0 Å². The quantitative estimate of drug-likeness (QED) is 0.704. The highest BCUT2D eigenvalue weighted by atomic mass is 16.5. The summed E-state index contributed by atoms with van der Waals surface area (Å²) in [6.45, 7) is 4.57. The molecule has 3 N–H and O–H groups in total. The molecule has 1 saturated carbocycles. The van der Waals surface area contributed by atoms with Gasteiger partial charge in [0.2, 0.25) is 5.91 Å². The van der Waals surface area contributed by atoms with E-state index in [2.05, 4.69) is 5.32 Å². The average molecular weight is 298 g/mol. The van der Waals surface area contributed by atoms with Crippen molar-refractivity contribution >= 4 is 11.9 Å².